The van der Waals surface area contributed by atoms with Crippen LogP contribution in [0.5, 0.6) is 0 Å². The number of carboxylic acid groups (broad SMARTS) is 1. The molecule has 0 aromatic carbocycles. The van der Waals surface area contributed by atoms with Crippen molar-refractivity contribution < 1.29 is 19.4 Å². The van der Waals surface area contributed by atoms with Crippen molar-refractivity contribution in [2.45, 2.75) is 18.9 Å². The lowest BCUT2D eigenvalue weighted by Crippen LogP contribution is -2.35. The van der Waals surface area contributed by atoms with Crippen LogP contribution in [0.3, 0.4) is 0 Å². The van der Waals surface area contributed by atoms with Crippen LogP contribution in [0.4, 0.5) is 0 Å². The molecule has 5 heteroatoms. The Bertz CT molecular complexity index is 372. The van der Waals surface area contributed by atoms with Crippen LogP contribution in [0, 0.1) is 5.92 Å². The zero-order valence-electron chi connectivity index (χ0n) is 8.68. The van der Waals surface area contributed by atoms with Crippen molar-refractivity contribution in [2.24, 2.45) is 5.92 Å². The number of hydrogen-bond donors (Lipinski definition) is 2. The topological polar surface area (TPSA) is 75.6 Å². The van der Waals surface area contributed by atoms with Gasteiger partial charge >= 0.3 is 5.97 Å². The summed E-state index contributed by atoms with van der Waals surface area (Å²) in [7, 11) is 0. The number of aliphatic carboxylic acids is 1. The molecule has 1 aliphatic carbocycles. The summed E-state index contributed by atoms with van der Waals surface area (Å²) in [5.74, 6) is -1.27. The number of allylic oxidation sites excluding steroid dienone is 3. The molecule has 1 saturated heterocycles. The van der Waals surface area contributed by atoms with Gasteiger partial charge in [0.15, 0.2) is 0 Å². The molecule has 0 bridgehead atoms. The number of amides is 1. The molecule has 5 nitrogen and oxygen atoms in total. The van der Waals surface area contributed by atoms with Gasteiger partial charge < -0.3 is 15.2 Å². The second-order valence-electron chi connectivity index (χ2n) is 3.89. The van der Waals surface area contributed by atoms with E-state index < -0.39 is 12.1 Å². The second-order valence-corrected chi connectivity index (χ2v) is 3.89. The van der Waals surface area contributed by atoms with Crippen LogP contribution in [0.25, 0.3) is 0 Å². The molecule has 2 N–H and O–H groups in total. The summed E-state index contributed by atoms with van der Waals surface area (Å²) in [6, 6.07) is 0. The van der Waals surface area contributed by atoms with Gasteiger partial charge in [0.1, 0.15) is 6.10 Å². The fraction of sp³-hybridized carbons (Fsp3) is 0.455. The van der Waals surface area contributed by atoms with Crippen LogP contribution in [-0.4, -0.2) is 29.7 Å². The first kappa shape index (κ1) is 10.9. The van der Waals surface area contributed by atoms with Crippen LogP contribution in [0.1, 0.15) is 12.8 Å². The number of ether oxygens (including phenoxy) is 1. The van der Waals surface area contributed by atoms with E-state index in [1.165, 1.54) is 0 Å². The molecule has 2 atom stereocenters. The van der Waals surface area contributed by atoms with Crippen molar-refractivity contribution in [3.05, 3.63) is 23.9 Å². The van der Waals surface area contributed by atoms with Gasteiger partial charge in [-0.15, -0.1) is 0 Å². The van der Waals surface area contributed by atoms with Gasteiger partial charge in [-0.25, -0.2) is 0 Å². The van der Waals surface area contributed by atoms with Crippen LogP contribution < -0.4 is 5.32 Å². The van der Waals surface area contributed by atoms with Crippen molar-refractivity contribution in [3.8, 4) is 0 Å². The Morgan fingerprint density at radius 1 is 1.62 bits per heavy atom. The fourth-order valence-corrected chi connectivity index (χ4v) is 1.82. The highest BCUT2D eigenvalue weighted by Gasteiger charge is 2.30. The van der Waals surface area contributed by atoms with Crippen LogP contribution in [0.2, 0.25) is 0 Å². The molecule has 0 aromatic rings. The van der Waals surface area contributed by atoms with E-state index in [0.717, 1.165) is 12.1 Å². The Morgan fingerprint density at radius 3 is 3.19 bits per heavy atom. The van der Waals surface area contributed by atoms with Crippen molar-refractivity contribution in [3.63, 3.8) is 0 Å². The highest BCUT2D eigenvalue weighted by atomic mass is 16.5. The maximum Gasteiger partial charge on any atom is 0.306 e. The monoisotopic (exact) mass is 223 g/mol. The molecule has 2 aliphatic rings. The molecule has 1 amide bonds. The highest BCUT2D eigenvalue weighted by Crippen LogP contribution is 2.22. The minimum absolute atomic E-state index is 0.132. The van der Waals surface area contributed by atoms with Crippen LogP contribution in [-0.2, 0) is 14.3 Å². The summed E-state index contributed by atoms with van der Waals surface area (Å²) in [6.45, 7) is 0.382. The molecule has 1 heterocycles. The van der Waals surface area contributed by atoms with Crippen molar-refractivity contribution >= 4 is 11.9 Å². The Hall–Kier alpha value is -1.62. The van der Waals surface area contributed by atoms with Gasteiger partial charge in [-0.1, -0.05) is 12.2 Å². The Labute approximate surface area is 92.8 Å². The predicted molar refractivity (Wildman–Crippen MR) is 55.5 cm³/mol. The van der Waals surface area contributed by atoms with Gasteiger partial charge in [-0.05, 0) is 12.5 Å². The fourth-order valence-electron chi connectivity index (χ4n) is 1.82. The molecule has 0 radical (unpaired) electrons. The third-order valence-corrected chi connectivity index (χ3v) is 2.69. The maximum absolute atomic E-state index is 11.6. The van der Waals surface area contributed by atoms with E-state index in [2.05, 4.69) is 5.32 Å². The lowest BCUT2D eigenvalue weighted by Gasteiger charge is -2.17. The quantitative estimate of drug-likeness (QED) is 0.712. The van der Waals surface area contributed by atoms with Gasteiger partial charge in [0.05, 0.1) is 13.0 Å². The zero-order valence-corrected chi connectivity index (χ0v) is 8.68. The molecule has 0 spiro atoms. The van der Waals surface area contributed by atoms with Crippen LogP contribution >= 0.6 is 0 Å². The zero-order chi connectivity index (χ0) is 11.5. The predicted octanol–water partition coefficient (Wildman–Crippen LogP) is 0.436. The smallest absolute Gasteiger partial charge is 0.306 e. The first-order valence-corrected chi connectivity index (χ1v) is 5.18. The Morgan fingerprint density at radius 2 is 2.44 bits per heavy atom. The summed E-state index contributed by atoms with van der Waals surface area (Å²) >= 11 is 0. The average molecular weight is 223 g/mol. The van der Waals surface area contributed by atoms with E-state index >= 15 is 0 Å². The average Bonchev–Trinajstić information content (AvgIpc) is 2.39. The Kier molecular flexibility index (Phi) is 3.05. The summed E-state index contributed by atoms with van der Waals surface area (Å²) in [5, 5.41) is 11.4. The molecule has 16 heavy (non-hydrogen) atoms. The lowest BCUT2D eigenvalue weighted by atomic mass is 9.98. The van der Waals surface area contributed by atoms with Crippen LogP contribution in [0.15, 0.2) is 23.9 Å². The third-order valence-electron chi connectivity index (χ3n) is 2.69. The van der Waals surface area contributed by atoms with E-state index in [9.17, 15) is 9.59 Å². The second kappa shape index (κ2) is 4.49. The Balaban J connectivity index is 2.09. The van der Waals surface area contributed by atoms with E-state index in [1.54, 1.807) is 0 Å². The molecule has 86 valence electrons. The summed E-state index contributed by atoms with van der Waals surface area (Å²) in [6.07, 6.45) is 5.35. The SMILES string of the molecule is O=C(O)CC1OCC2CC=CC=C2NC1=O. The lowest BCUT2D eigenvalue weighted by molar-refractivity contribution is -0.145. The first-order valence-electron chi connectivity index (χ1n) is 5.18. The molecule has 1 aliphatic heterocycles. The number of rotatable bonds is 2. The number of fused-ring (bicyclic) bond motifs is 1. The molecule has 2 unspecified atom stereocenters. The minimum atomic E-state index is -1.03. The van der Waals surface area contributed by atoms with Gasteiger partial charge in [0.25, 0.3) is 5.91 Å². The molecule has 1 fully saturated rings. The highest BCUT2D eigenvalue weighted by molar-refractivity contribution is 5.86. The maximum atomic E-state index is 11.6. The van der Waals surface area contributed by atoms with Crippen molar-refractivity contribution in [1.29, 1.82) is 0 Å². The third kappa shape index (κ3) is 2.30. The van der Waals surface area contributed by atoms with E-state index in [-0.39, 0.29) is 18.2 Å². The summed E-state index contributed by atoms with van der Waals surface area (Å²) in [5.41, 5.74) is 0.820. The number of carbonyl (C=O) groups is 2. The molecule has 0 saturated carbocycles. The van der Waals surface area contributed by atoms with Gasteiger partial charge in [-0.3, -0.25) is 9.59 Å². The van der Waals surface area contributed by atoms with E-state index in [1.807, 2.05) is 18.2 Å². The number of hydrogen-bond acceptors (Lipinski definition) is 3. The van der Waals surface area contributed by atoms with Gasteiger partial charge in [-0.2, -0.15) is 0 Å². The molecule has 0 aromatic heterocycles. The number of nitrogens with one attached hydrogen (secondary N) is 1. The minimum Gasteiger partial charge on any atom is -0.481 e. The molecular formula is C11H13NO4. The van der Waals surface area contributed by atoms with E-state index in [4.69, 9.17) is 9.84 Å². The normalized spacial score (nSPS) is 28.8. The standard InChI is InChI=1S/C11H13NO4/c13-10(14)5-9-11(15)12-8-4-2-1-3-7(8)6-16-9/h1-2,4,7,9H,3,5-6H2,(H,12,15)(H,13,14). The summed E-state index contributed by atoms with van der Waals surface area (Å²) < 4.78 is 5.33. The number of carbonyl (C=O) groups excluding carboxylic acids is 1. The largest absolute Gasteiger partial charge is 0.481 e. The van der Waals surface area contributed by atoms with E-state index in [0.29, 0.717) is 6.61 Å². The van der Waals surface area contributed by atoms with Crippen molar-refractivity contribution in [2.75, 3.05) is 6.61 Å². The summed E-state index contributed by atoms with van der Waals surface area (Å²) in [4.78, 5) is 22.2. The number of carboxylic acids is 1. The van der Waals surface area contributed by atoms with Gasteiger partial charge in [0.2, 0.25) is 0 Å². The first-order chi connectivity index (χ1) is 7.66. The molecular weight excluding hydrogens is 210 g/mol. The molecule has 2 rings (SSSR count). The van der Waals surface area contributed by atoms with Gasteiger partial charge in [0, 0.05) is 11.6 Å². The van der Waals surface area contributed by atoms with Crippen molar-refractivity contribution in [1.82, 2.24) is 5.32 Å².